The molecule has 0 bridgehead atoms. The molecule has 0 aliphatic carbocycles. The molecule has 3 aromatic rings. The largest absolute Gasteiger partial charge is 0.497 e. The van der Waals surface area contributed by atoms with Crippen LogP contribution in [0.5, 0.6) is 28.7 Å². The molecule has 4 rings (SSSR count). The summed E-state index contributed by atoms with van der Waals surface area (Å²) in [5.74, 6) is 3.49. The van der Waals surface area contributed by atoms with E-state index in [9.17, 15) is 0 Å². The Hall–Kier alpha value is -3.32. The Labute approximate surface area is 195 Å². The molecule has 0 N–H and O–H groups in total. The second-order valence-corrected chi connectivity index (χ2v) is 8.00. The van der Waals surface area contributed by atoms with Crippen LogP contribution in [-0.2, 0) is 13.1 Å². The van der Waals surface area contributed by atoms with E-state index < -0.39 is 0 Å². The third-order valence-corrected chi connectivity index (χ3v) is 6.18. The van der Waals surface area contributed by atoms with Crippen LogP contribution in [0.2, 0.25) is 0 Å². The first-order chi connectivity index (χ1) is 16.1. The van der Waals surface area contributed by atoms with Gasteiger partial charge in [-0.3, -0.25) is 4.90 Å². The van der Waals surface area contributed by atoms with Crippen molar-refractivity contribution in [3.63, 3.8) is 0 Å². The second kappa shape index (κ2) is 10.1. The van der Waals surface area contributed by atoms with E-state index in [1.165, 1.54) is 5.69 Å². The van der Waals surface area contributed by atoms with Crippen LogP contribution >= 0.6 is 0 Å². The molecule has 176 valence electrons. The Kier molecular flexibility index (Phi) is 6.99. The summed E-state index contributed by atoms with van der Waals surface area (Å²) in [6.45, 7) is 2.61. The molecule has 33 heavy (non-hydrogen) atoms. The Morgan fingerprint density at radius 2 is 1.52 bits per heavy atom. The molecule has 1 aliphatic rings. The average Bonchev–Trinajstić information content (AvgIpc) is 3.24. The lowest BCUT2D eigenvalue weighted by Gasteiger charge is -2.32. The highest BCUT2D eigenvalue weighted by molar-refractivity contribution is 5.58. The van der Waals surface area contributed by atoms with Gasteiger partial charge in [-0.05, 0) is 48.4 Å². The van der Waals surface area contributed by atoms with E-state index in [0.29, 0.717) is 17.2 Å². The number of hydrogen-bond donors (Lipinski definition) is 0. The van der Waals surface area contributed by atoms with Gasteiger partial charge >= 0.3 is 0 Å². The molecule has 2 aromatic carbocycles. The van der Waals surface area contributed by atoms with Gasteiger partial charge in [0.05, 0.1) is 41.6 Å². The first-order valence-electron chi connectivity index (χ1n) is 11.0. The van der Waals surface area contributed by atoms with Gasteiger partial charge in [0.25, 0.3) is 0 Å². The monoisotopic (exact) mass is 452 g/mol. The molecule has 0 amide bonds. The highest BCUT2D eigenvalue weighted by Gasteiger charge is 2.32. The zero-order chi connectivity index (χ0) is 23.4. The number of aryl methyl sites for hydroxylation is 1. The highest BCUT2D eigenvalue weighted by Crippen LogP contribution is 2.46. The number of nitrogens with zero attached hydrogens (tertiary/aromatic N) is 2. The van der Waals surface area contributed by atoms with Crippen molar-refractivity contribution >= 4 is 0 Å². The van der Waals surface area contributed by atoms with E-state index in [1.54, 1.807) is 35.5 Å². The topological polar surface area (TPSA) is 54.3 Å². The van der Waals surface area contributed by atoms with Crippen LogP contribution in [0, 0.1) is 0 Å². The first kappa shape index (κ1) is 22.9. The summed E-state index contributed by atoms with van der Waals surface area (Å²) in [6.07, 6.45) is 3.18. The van der Waals surface area contributed by atoms with E-state index in [4.69, 9.17) is 23.7 Å². The normalized spacial score (nSPS) is 16.0. The van der Waals surface area contributed by atoms with Gasteiger partial charge in [0.1, 0.15) is 11.5 Å². The Balaban J connectivity index is 1.83. The van der Waals surface area contributed by atoms with Crippen molar-refractivity contribution in [2.45, 2.75) is 25.6 Å². The summed E-state index contributed by atoms with van der Waals surface area (Å²) in [6, 6.07) is 14.3. The number of rotatable bonds is 8. The number of benzene rings is 2. The molecule has 1 atom stereocenters. The molecule has 0 saturated carbocycles. The van der Waals surface area contributed by atoms with Crippen molar-refractivity contribution in [3.8, 4) is 28.7 Å². The fourth-order valence-corrected chi connectivity index (χ4v) is 4.70. The Bertz CT molecular complexity index is 1070. The summed E-state index contributed by atoms with van der Waals surface area (Å²) in [4.78, 5) is 2.47. The van der Waals surface area contributed by atoms with Crippen molar-refractivity contribution in [2.24, 2.45) is 0 Å². The lowest BCUT2D eigenvalue weighted by atomic mass is 9.99. The van der Waals surface area contributed by atoms with Crippen molar-refractivity contribution in [1.29, 1.82) is 0 Å². The summed E-state index contributed by atoms with van der Waals surface area (Å²) >= 11 is 0. The molecule has 0 saturated heterocycles. The van der Waals surface area contributed by atoms with Crippen LogP contribution in [0.15, 0.2) is 48.7 Å². The van der Waals surface area contributed by atoms with E-state index in [0.717, 1.165) is 48.7 Å². The fourth-order valence-electron chi connectivity index (χ4n) is 4.70. The number of fused-ring (bicyclic) bond motifs is 1. The molecule has 1 aromatic heterocycles. The molecule has 0 spiro atoms. The zero-order valence-electron chi connectivity index (χ0n) is 20.0. The minimum absolute atomic E-state index is 0.0329. The van der Waals surface area contributed by atoms with Crippen molar-refractivity contribution in [1.82, 2.24) is 9.47 Å². The molecule has 2 heterocycles. The SMILES string of the molecule is COc1cc(CN2CCCn3cccc3C2c2ccc(OC)c(OC)c2OC)cc(OC)c1. The molecule has 7 heteroatoms. The number of aromatic nitrogens is 1. The predicted molar refractivity (Wildman–Crippen MR) is 127 cm³/mol. The highest BCUT2D eigenvalue weighted by atomic mass is 16.5. The maximum Gasteiger partial charge on any atom is 0.203 e. The average molecular weight is 453 g/mol. The van der Waals surface area contributed by atoms with Gasteiger partial charge in [-0.2, -0.15) is 0 Å². The van der Waals surface area contributed by atoms with Gasteiger partial charge in [0.2, 0.25) is 5.75 Å². The molecule has 1 unspecified atom stereocenters. The summed E-state index contributed by atoms with van der Waals surface area (Å²) in [7, 11) is 8.30. The lowest BCUT2D eigenvalue weighted by molar-refractivity contribution is 0.214. The van der Waals surface area contributed by atoms with Crippen LogP contribution in [0.4, 0.5) is 0 Å². The standard InChI is InChI=1S/C26H32N2O5/c1-29-19-14-18(15-20(16-19)30-2)17-28-13-7-12-27-11-6-8-22(27)24(28)21-9-10-23(31-3)26(33-5)25(21)32-4/h6,8-11,14-16,24H,7,12-13,17H2,1-5H3. The molecule has 0 radical (unpaired) electrons. The fraction of sp³-hybridized carbons (Fsp3) is 0.385. The number of methoxy groups -OCH3 is 5. The van der Waals surface area contributed by atoms with Gasteiger partial charge in [0.15, 0.2) is 11.5 Å². The molecule has 0 fully saturated rings. The second-order valence-electron chi connectivity index (χ2n) is 8.00. The smallest absolute Gasteiger partial charge is 0.203 e. The predicted octanol–water partition coefficient (Wildman–Crippen LogP) is 4.53. The minimum atomic E-state index is -0.0329. The van der Waals surface area contributed by atoms with E-state index in [1.807, 2.05) is 12.1 Å². The lowest BCUT2D eigenvalue weighted by Crippen LogP contribution is -2.30. The maximum absolute atomic E-state index is 5.89. The maximum atomic E-state index is 5.89. The van der Waals surface area contributed by atoms with Gasteiger partial charge in [-0.15, -0.1) is 0 Å². The first-order valence-corrected chi connectivity index (χ1v) is 11.0. The van der Waals surface area contributed by atoms with Gasteiger partial charge < -0.3 is 28.3 Å². The van der Waals surface area contributed by atoms with Crippen LogP contribution in [0.1, 0.15) is 29.3 Å². The van der Waals surface area contributed by atoms with Crippen molar-refractivity contribution in [3.05, 3.63) is 65.5 Å². The minimum Gasteiger partial charge on any atom is -0.497 e. The number of ether oxygens (including phenoxy) is 5. The third kappa shape index (κ3) is 4.46. The van der Waals surface area contributed by atoms with E-state index in [2.05, 4.69) is 46.0 Å². The van der Waals surface area contributed by atoms with E-state index >= 15 is 0 Å². The molecular formula is C26H32N2O5. The molecule has 7 nitrogen and oxygen atoms in total. The Morgan fingerprint density at radius 1 is 0.788 bits per heavy atom. The Morgan fingerprint density at radius 3 is 2.15 bits per heavy atom. The van der Waals surface area contributed by atoms with Crippen molar-refractivity contribution < 1.29 is 23.7 Å². The molecule has 1 aliphatic heterocycles. The van der Waals surface area contributed by atoms with Crippen LogP contribution in [-0.4, -0.2) is 51.6 Å². The van der Waals surface area contributed by atoms with Gasteiger partial charge in [-0.25, -0.2) is 0 Å². The summed E-state index contributed by atoms with van der Waals surface area (Å²) in [5, 5.41) is 0. The van der Waals surface area contributed by atoms with Gasteiger partial charge in [-0.1, -0.05) is 0 Å². The quantitative estimate of drug-likeness (QED) is 0.501. The summed E-state index contributed by atoms with van der Waals surface area (Å²) in [5.41, 5.74) is 3.37. The van der Waals surface area contributed by atoms with Gasteiger partial charge in [0, 0.05) is 43.2 Å². The molecular weight excluding hydrogens is 420 g/mol. The van der Waals surface area contributed by atoms with Crippen molar-refractivity contribution in [2.75, 3.05) is 42.1 Å². The third-order valence-electron chi connectivity index (χ3n) is 6.18. The summed E-state index contributed by atoms with van der Waals surface area (Å²) < 4.78 is 30.4. The number of hydrogen-bond acceptors (Lipinski definition) is 6. The zero-order valence-corrected chi connectivity index (χ0v) is 20.0. The van der Waals surface area contributed by atoms with E-state index in [-0.39, 0.29) is 6.04 Å². The van der Waals surface area contributed by atoms with Crippen LogP contribution in [0.25, 0.3) is 0 Å². The van der Waals surface area contributed by atoms with Crippen LogP contribution < -0.4 is 23.7 Å². The van der Waals surface area contributed by atoms with Crippen LogP contribution in [0.3, 0.4) is 0 Å².